The molecule has 0 unspecified atom stereocenters. The van der Waals surface area contributed by atoms with E-state index in [2.05, 4.69) is 10.0 Å². The lowest BCUT2D eigenvalue weighted by Crippen LogP contribution is -2.18. The minimum absolute atomic E-state index is 0.228. The molecule has 0 spiro atoms. The highest BCUT2D eigenvalue weighted by molar-refractivity contribution is 4.84. The molecule has 0 aromatic carbocycles. The average Bonchev–Trinajstić information content (AvgIpc) is 2.98. The first-order valence-corrected chi connectivity index (χ1v) is 5.56. The third-order valence-corrected chi connectivity index (χ3v) is 3.29. The zero-order valence-corrected chi connectivity index (χ0v) is 8.43. The van der Waals surface area contributed by atoms with E-state index in [1.807, 2.05) is 0 Å². The van der Waals surface area contributed by atoms with E-state index < -0.39 is 0 Å². The van der Waals surface area contributed by atoms with Crippen molar-refractivity contribution in [2.45, 2.75) is 50.7 Å². The van der Waals surface area contributed by atoms with Gasteiger partial charge in [0, 0.05) is 11.0 Å². The summed E-state index contributed by atoms with van der Waals surface area (Å²) in [5.74, 6) is 0.570. The third kappa shape index (κ3) is 2.63. The van der Waals surface area contributed by atoms with E-state index in [9.17, 15) is 0 Å². The summed E-state index contributed by atoms with van der Waals surface area (Å²) >= 11 is 0. The molecule has 1 saturated heterocycles. The summed E-state index contributed by atoms with van der Waals surface area (Å²) < 4.78 is 5.24. The molecule has 0 radical (unpaired) electrons. The van der Waals surface area contributed by atoms with Gasteiger partial charge < -0.3 is 4.74 Å². The highest BCUT2D eigenvalue weighted by Gasteiger charge is 2.31. The van der Waals surface area contributed by atoms with Crippen molar-refractivity contribution in [1.29, 1.82) is 0 Å². The van der Waals surface area contributed by atoms with Gasteiger partial charge >= 0.3 is 0 Å². The maximum atomic E-state index is 8.50. The second kappa shape index (κ2) is 4.67. The fraction of sp³-hybridized carbons (Fsp3) is 1.00. The van der Waals surface area contributed by atoms with Gasteiger partial charge in [-0.15, -0.1) is 0 Å². The van der Waals surface area contributed by atoms with Crippen LogP contribution in [-0.2, 0) is 4.74 Å². The Morgan fingerprint density at radius 1 is 1.29 bits per heavy atom. The van der Waals surface area contributed by atoms with Gasteiger partial charge in [-0.1, -0.05) is 24.4 Å². The maximum Gasteiger partial charge on any atom is 0.0812 e. The molecule has 3 atom stereocenters. The maximum absolute atomic E-state index is 8.50. The fourth-order valence-corrected chi connectivity index (χ4v) is 2.40. The number of hydrogen-bond donors (Lipinski definition) is 0. The predicted octanol–water partition coefficient (Wildman–Crippen LogP) is 3.03. The Bertz CT molecular complexity index is 234. The van der Waals surface area contributed by atoms with E-state index in [0.29, 0.717) is 12.0 Å². The number of azide groups is 1. The Hall–Kier alpha value is -0.730. The third-order valence-electron chi connectivity index (χ3n) is 3.29. The molecule has 4 heteroatoms. The van der Waals surface area contributed by atoms with Crippen LogP contribution >= 0.6 is 0 Å². The molecule has 2 fully saturated rings. The molecule has 0 N–H and O–H groups in total. The SMILES string of the molecule is [N-]=[N+]=N[C@@H]1CCCCC[C@H]1C[C@@H]1CO1. The normalized spacial score (nSPS) is 37.0. The van der Waals surface area contributed by atoms with Crippen molar-refractivity contribution in [1.82, 2.24) is 0 Å². The zero-order chi connectivity index (χ0) is 9.80. The lowest BCUT2D eigenvalue weighted by Gasteiger charge is -2.19. The van der Waals surface area contributed by atoms with Gasteiger partial charge in [-0.2, -0.15) is 0 Å². The Morgan fingerprint density at radius 3 is 2.79 bits per heavy atom. The molecule has 1 heterocycles. The molecule has 2 aliphatic rings. The summed E-state index contributed by atoms with van der Waals surface area (Å²) in [7, 11) is 0. The molecule has 1 aliphatic carbocycles. The van der Waals surface area contributed by atoms with Crippen LogP contribution in [0.15, 0.2) is 5.11 Å². The van der Waals surface area contributed by atoms with Gasteiger partial charge in [0.15, 0.2) is 0 Å². The molecule has 2 rings (SSSR count). The topological polar surface area (TPSA) is 61.3 Å². The van der Waals surface area contributed by atoms with Crippen LogP contribution in [0, 0.1) is 5.92 Å². The minimum atomic E-state index is 0.228. The van der Waals surface area contributed by atoms with Crippen LogP contribution < -0.4 is 0 Å². The van der Waals surface area contributed by atoms with Gasteiger partial charge in [-0.05, 0) is 30.7 Å². The van der Waals surface area contributed by atoms with Crippen molar-refractivity contribution in [2.24, 2.45) is 11.0 Å². The molecular weight excluding hydrogens is 178 g/mol. The highest BCUT2D eigenvalue weighted by atomic mass is 16.6. The first-order chi connectivity index (χ1) is 6.90. The monoisotopic (exact) mass is 195 g/mol. The van der Waals surface area contributed by atoms with Crippen LogP contribution in [0.5, 0.6) is 0 Å². The van der Waals surface area contributed by atoms with Crippen LogP contribution in [0.1, 0.15) is 38.5 Å². The Balaban J connectivity index is 1.94. The second-order valence-electron chi connectivity index (χ2n) is 4.36. The molecule has 78 valence electrons. The molecule has 0 amide bonds. The predicted molar refractivity (Wildman–Crippen MR) is 53.9 cm³/mol. The molecule has 0 aromatic rings. The van der Waals surface area contributed by atoms with E-state index in [1.54, 1.807) is 0 Å². The van der Waals surface area contributed by atoms with Gasteiger partial charge in [0.2, 0.25) is 0 Å². The molecule has 1 saturated carbocycles. The first kappa shape index (κ1) is 9.81. The summed E-state index contributed by atoms with van der Waals surface area (Å²) in [6.45, 7) is 0.916. The average molecular weight is 195 g/mol. The Morgan fingerprint density at radius 2 is 2.07 bits per heavy atom. The van der Waals surface area contributed by atoms with Crippen LogP contribution in [0.2, 0.25) is 0 Å². The molecule has 14 heavy (non-hydrogen) atoms. The number of nitrogens with zero attached hydrogens (tertiary/aromatic N) is 3. The largest absolute Gasteiger partial charge is 0.373 e. The zero-order valence-electron chi connectivity index (χ0n) is 8.43. The Kier molecular flexibility index (Phi) is 3.27. The first-order valence-electron chi connectivity index (χ1n) is 5.56. The minimum Gasteiger partial charge on any atom is -0.373 e. The van der Waals surface area contributed by atoms with Gasteiger partial charge in [-0.3, -0.25) is 0 Å². The van der Waals surface area contributed by atoms with E-state index in [1.165, 1.54) is 25.7 Å². The molecule has 4 nitrogen and oxygen atoms in total. The lowest BCUT2D eigenvalue weighted by atomic mass is 9.91. The van der Waals surface area contributed by atoms with Crippen LogP contribution in [0.3, 0.4) is 0 Å². The lowest BCUT2D eigenvalue weighted by molar-refractivity contribution is 0.309. The van der Waals surface area contributed by atoms with E-state index in [-0.39, 0.29) is 6.04 Å². The number of rotatable bonds is 3. The van der Waals surface area contributed by atoms with Crippen LogP contribution in [-0.4, -0.2) is 18.8 Å². The summed E-state index contributed by atoms with van der Waals surface area (Å²) in [6, 6.07) is 0.228. The van der Waals surface area contributed by atoms with Crippen LogP contribution in [0.25, 0.3) is 10.4 Å². The summed E-state index contributed by atoms with van der Waals surface area (Å²) in [5, 5.41) is 3.93. The van der Waals surface area contributed by atoms with E-state index in [4.69, 9.17) is 10.3 Å². The highest BCUT2D eigenvalue weighted by Crippen LogP contribution is 2.32. The van der Waals surface area contributed by atoms with E-state index >= 15 is 0 Å². The summed E-state index contributed by atoms with van der Waals surface area (Å²) in [4.78, 5) is 2.96. The van der Waals surface area contributed by atoms with Gasteiger partial charge in [0.05, 0.1) is 12.7 Å². The van der Waals surface area contributed by atoms with Crippen LogP contribution in [0.4, 0.5) is 0 Å². The number of epoxide rings is 1. The van der Waals surface area contributed by atoms with Crippen molar-refractivity contribution in [3.8, 4) is 0 Å². The van der Waals surface area contributed by atoms with Crippen molar-refractivity contribution < 1.29 is 4.74 Å². The van der Waals surface area contributed by atoms with Crippen molar-refractivity contribution >= 4 is 0 Å². The molecule has 1 aliphatic heterocycles. The van der Waals surface area contributed by atoms with E-state index in [0.717, 1.165) is 19.4 Å². The summed E-state index contributed by atoms with van der Waals surface area (Å²) in [5.41, 5.74) is 8.50. The number of hydrogen-bond acceptors (Lipinski definition) is 2. The van der Waals surface area contributed by atoms with Crippen molar-refractivity contribution in [2.75, 3.05) is 6.61 Å². The Labute approximate surface area is 84.3 Å². The van der Waals surface area contributed by atoms with Gasteiger partial charge in [-0.25, -0.2) is 0 Å². The van der Waals surface area contributed by atoms with Gasteiger partial charge in [0.1, 0.15) is 0 Å². The molecule has 0 aromatic heterocycles. The van der Waals surface area contributed by atoms with Crippen molar-refractivity contribution in [3.63, 3.8) is 0 Å². The van der Waals surface area contributed by atoms with Crippen molar-refractivity contribution in [3.05, 3.63) is 10.4 Å². The second-order valence-corrected chi connectivity index (χ2v) is 4.36. The fourth-order valence-electron chi connectivity index (χ4n) is 2.40. The molecule has 0 bridgehead atoms. The summed E-state index contributed by atoms with van der Waals surface area (Å²) in [6.07, 6.45) is 7.64. The smallest absolute Gasteiger partial charge is 0.0812 e. The standard InChI is InChI=1S/C10H17N3O/c11-13-12-10-5-3-1-2-4-8(10)6-9-7-14-9/h8-10H,1-7H2/t8-,9+,10+/m0/s1. The van der Waals surface area contributed by atoms with Gasteiger partial charge in [0.25, 0.3) is 0 Å². The molecular formula is C10H17N3O. The number of ether oxygens (including phenoxy) is 1. The quantitative estimate of drug-likeness (QED) is 0.224.